The Kier molecular flexibility index (Phi) is 5.02. The van der Waals surface area contributed by atoms with E-state index in [-0.39, 0.29) is 12.1 Å². The molecule has 1 aromatic rings. The molecule has 0 bridgehead atoms. The van der Waals surface area contributed by atoms with Crippen molar-refractivity contribution >= 4 is 17.6 Å². The highest BCUT2D eigenvalue weighted by Crippen LogP contribution is 2.23. The van der Waals surface area contributed by atoms with Crippen molar-refractivity contribution in [1.29, 1.82) is 0 Å². The first-order chi connectivity index (χ1) is 10.7. The number of aromatic nitrogens is 1. The number of pyridine rings is 1. The Morgan fingerprint density at radius 3 is 2.48 bits per heavy atom. The number of amides is 1. The maximum Gasteiger partial charge on any atom is 0.410 e. The van der Waals surface area contributed by atoms with Crippen molar-refractivity contribution in [1.82, 2.24) is 9.88 Å². The van der Waals surface area contributed by atoms with Crippen molar-refractivity contribution in [2.75, 3.05) is 30.8 Å². The van der Waals surface area contributed by atoms with Gasteiger partial charge in [-0.25, -0.2) is 9.78 Å². The number of nitrogens with two attached hydrogens (primary N) is 1. The minimum Gasteiger partial charge on any atom is -0.444 e. The van der Waals surface area contributed by atoms with Gasteiger partial charge < -0.3 is 20.3 Å². The molecule has 2 N–H and O–H groups in total. The number of nitrogens with zero attached hydrogens (tertiary/aromatic N) is 3. The molecule has 23 heavy (non-hydrogen) atoms. The van der Waals surface area contributed by atoms with Crippen LogP contribution >= 0.6 is 0 Å². The van der Waals surface area contributed by atoms with Crippen LogP contribution in [-0.4, -0.2) is 47.8 Å². The van der Waals surface area contributed by atoms with E-state index in [1.165, 1.54) is 0 Å². The fourth-order valence-electron chi connectivity index (χ4n) is 2.70. The van der Waals surface area contributed by atoms with Crippen LogP contribution in [0.25, 0.3) is 0 Å². The number of rotatable bonds is 2. The van der Waals surface area contributed by atoms with Crippen LogP contribution < -0.4 is 10.6 Å². The Labute approximate surface area is 138 Å². The van der Waals surface area contributed by atoms with Crippen LogP contribution in [0.2, 0.25) is 0 Å². The van der Waals surface area contributed by atoms with Crippen LogP contribution in [0, 0.1) is 6.92 Å². The third kappa shape index (κ3) is 4.50. The zero-order chi connectivity index (χ0) is 17.2. The number of carbonyl (C=O) groups excluding carboxylic acids is 1. The topological polar surface area (TPSA) is 71.7 Å². The Balaban J connectivity index is 1.92. The number of piperidine rings is 1. The molecule has 0 unspecified atom stereocenters. The summed E-state index contributed by atoms with van der Waals surface area (Å²) in [6.07, 6.45) is 1.55. The fourth-order valence-corrected chi connectivity index (χ4v) is 2.70. The zero-order valence-electron chi connectivity index (χ0n) is 14.8. The first kappa shape index (κ1) is 17.4. The van der Waals surface area contributed by atoms with Crippen LogP contribution in [0.15, 0.2) is 12.1 Å². The van der Waals surface area contributed by atoms with E-state index in [1.54, 1.807) is 4.90 Å². The van der Waals surface area contributed by atoms with Crippen molar-refractivity contribution in [2.24, 2.45) is 0 Å². The van der Waals surface area contributed by atoms with E-state index in [0.29, 0.717) is 5.69 Å². The molecule has 1 fully saturated rings. The highest BCUT2D eigenvalue weighted by atomic mass is 16.6. The summed E-state index contributed by atoms with van der Waals surface area (Å²) in [6.45, 7) is 9.31. The molecule has 128 valence electrons. The van der Waals surface area contributed by atoms with Gasteiger partial charge in [0.25, 0.3) is 0 Å². The molecule has 1 amide bonds. The van der Waals surface area contributed by atoms with Gasteiger partial charge in [-0.05, 0) is 52.7 Å². The van der Waals surface area contributed by atoms with Crippen molar-refractivity contribution in [3.8, 4) is 0 Å². The molecule has 1 aliphatic heterocycles. The van der Waals surface area contributed by atoms with Crippen LogP contribution in [0.4, 0.5) is 16.3 Å². The maximum atomic E-state index is 12.2. The molecule has 1 aliphatic rings. The number of anilines is 2. The average molecular weight is 320 g/mol. The van der Waals surface area contributed by atoms with E-state index in [0.717, 1.165) is 37.4 Å². The molecule has 6 nitrogen and oxygen atoms in total. The summed E-state index contributed by atoms with van der Waals surface area (Å²) in [5.41, 5.74) is 6.94. The Bertz CT molecular complexity index is 560. The first-order valence-electron chi connectivity index (χ1n) is 8.11. The van der Waals surface area contributed by atoms with Crippen LogP contribution in [-0.2, 0) is 4.74 Å². The summed E-state index contributed by atoms with van der Waals surface area (Å²) < 4.78 is 5.44. The van der Waals surface area contributed by atoms with Gasteiger partial charge >= 0.3 is 6.09 Å². The van der Waals surface area contributed by atoms with Crippen LogP contribution in [0.1, 0.15) is 39.3 Å². The lowest BCUT2D eigenvalue weighted by Crippen LogP contribution is -2.47. The minimum absolute atomic E-state index is 0.205. The van der Waals surface area contributed by atoms with E-state index in [9.17, 15) is 4.79 Å². The number of aryl methyl sites for hydroxylation is 1. The Morgan fingerprint density at radius 2 is 1.96 bits per heavy atom. The zero-order valence-corrected chi connectivity index (χ0v) is 14.8. The second-order valence-corrected chi connectivity index (χ2v) is 7.15. The van der Waals surface area contributed by atoms with Crippen LogP contribution in [0.3, 0.4) is 0 Å². The quantitative estimate of drug-likeness (QED) is 0.907. The lowest BCUT2D eigenvalue weighted by atomic mass is 10.0. The monoisotopic (exact) mass is 320 g/mol. The van der Waals surface area contributed by atoms with Gasteiger partial charge in [-0.3, -0.25) is 0 Å². The molecule has 0 atom stereocenters. The van der Waals surface area contributed by atoms with Gasteiger partial charge in [0.1, 0.15) is 11.4 Å². The number of ether oxygens (including phenoxy) is 1. The van der Waals surface area contributed by atoms with Gasteiger partial charge in [0.15, 0.2) is 0 Å². The fraction of sp³-hybridized carbons (Fsp3) is 0.647. The molecule has 0 radical (unpaired) electrons. The molecular weight excluding hydrogens is 292 g/mol. The summed E-state index contributed by atoms with van der Waals surface area (Å²) in [5.74, 6) is 0.954. The first-order valence-corrected chi connectivity index (χ1v) is 8.11. The highest BCUT2D eigenvalue weighted by molar-refractivity contribution is 5.68. The molecule has 0 spiro atoms. The van der Waals surface area contributed by atoms with Crippen LogP contribution in [0.5, 0.6) is 0 Å². The Morgan fingerprint density at radius 1 is 1.35 bits per heavy atom. The van der Waals surface area contributed by atoms with Gasteiger partial charge in [-0.15, -0.1) is 0 Å². The minimum atomic E-state index is -0.461. The lowest BCUT2D eigenvalue weighted by molar-refractivity contribution is 0.0201. The maximum absolute atomic E-state index is 12.2. The molecule has 2 heterocycles. The number of nitrogen functional groups attached to an aromatic ring is 1. The van der Waals surface area contributed by atoms with Gasteiger partial charge in [-0.2, -0.15) is 0 Å². The average Bonchev–Trinajstić information content (AvgIpc) is 2.48. The SMILES string of the molecule is Cc1nc(N2CCC(N(C)C(=O)OC(C)(C)C)CC2)ccc1N. The smallest absolute Gasteiger partial charge is 0.410 e. The number of carbonyl (C=O) groups is 1. The van der Waals surface area contributed by atoms with E-state index in [4.69, 9.17) is 10.5 Å². The molecule has 6 heteroatoms. The van der Waals surface area contributed by atoms with E-state index >= 15 is 0 Å². The largest absolute Gasteiger partial charge is 0.444 e. The standard InChI is InChI=1S/C17H28N4O2/c1-12-14(18)6-7-15(19-12)21-10-8-13(9-11-21)20(5)16(22)23-17(2,3)4/h6-7,13H,8-11,18H2,1-5H3. The van der Waals surface area contributed by atoms with E-state index < -0.39 is 5.60 Å². The normalized spacial score (nSPS) is 16.3. The molecule has 0 aliphatic carbocycles. The number of hydrogen-bond donors (Lipinski definition) is 1. The summed E-state index contributed by atoms with van der Waals surface area (Å²) in [6, 6.07) is 4.06. The molecule has 1 saturated heterocycles. The van der Waals surface area contributed by atoms with Crippen molar-refractivity contribution in [3.63, 3.8) is 0 Å². The summed E-state index contributed by atoms with van der Waals surface area (Å²) >= 11 is 0. The van der Waals surface area contributed by atoms with Gasteiger partial charge in [0.2, 0.25) is 0 Å². The predicted octanol–water partition coefficient (Wildman–Crippen LogP) is 2.81. The summed E-state index contributed by atoms with van der Waals surface area (Å²) in [4.78, 5) is 20.7. The van der Waals surface area contributed by atoms with E-state index in [1.807, 2.05) is 46.9 Å². The molecule has 1 aromatic heterocycles. The van der Waals surface area contributed by atoms with Gasteiger partial charge in [0.05, 0.1) is 11.4 Å². The lowest BCUT2D eigenvalue weighted by Gasteiger charge is -2.37. The second kappa shape index (κ2) is 6.64. The van der Waals surface area contributed by atoms with E-state index in [2.05, 4.69) is 9.88 Å². The van der Waals surface area contributed by atoms with Crippen molar-refractivity contribution in [2.45, 2.75) is 52.2 Å². The third-order valence-electron chi connectivity index (χ3n) is 4.13. The molecular formula is C17H28N4O2. The van der Waals surface area contributed by atoms with Crippen molar-refractivity contribution < 1.29 is 9.53 Å². The highest BCUT2D eigenvalue weighted by Gasteiger charge is 2.28. The Hall–Kier alpha value is -1.98. The van der Waals surface area contributed by atoms with Gasteiger partial charge in [0, 0.05) is 26.2 Å². The molecule has 0 aromatic carbocycles. The number of hydrogen-bond acceptors (Lipinski definition) is 5. The molecule has 2 rings (SSSR count). The molecule has 0 saturated carbocycles. The second-order valence-electron chi connectivity index (χ2n) is 7.15. The predicted molar refractivity (Wildman–Crippen MR) is 92.6 cm³/mol. The van der Waals surface area contributed by atoms with Crippen molar-refractivity contribution in [3.05, 3.63) is 17.8 Å². The third-order valence-corrected chi connectivity index (χ3v) is 4.13. The summed E-state index contributed by atoms with van der Waals surface area (Å²) in [5, 5.41) is 0. The summed E-state index contributed by atoms with van der Waals surface area (Å²) in [7, 11) is 1.82. The van der Waals surface area contributed by atoms with Gasteiger partial charge in [-0.1, -0.05) is 0 Å².